The number of benzene rings is 2. The van der Waals surface area contributed by atoms with E-state index in [0.717, 1.165) is 23.0 Å². The highest BCUT2D eigenvalue weighted by molar-refractivity contribution is 7.06. The normalized spacial score (nSPS) is 31.5. The average Bonchev–Trinajstić information content (AvgIpc) is 3.18. The van der Waals surface area contributed by atoms with E-state index >= 15 is 0 Å². The van der Waals surface area contributed by atoms with Gasteiger partial charge in [-0.25, -0.2) is 4.79 Å². The molecular formula is C33H42O3Si. The van der Waals surface area contributed by atoms with Gasteiger partial charge in [-0.05, 0) is 142 Å². The lowest BCUT2D eigenvalue weighted by Crippen LogP contribution is -2.66. The zero-order valence-electron chi connectivity index (χ0n) is 23.7. The van der Waals surface area contributed by atoms with Gasteiger partial charge in [0, 0.05) is 0 Å². The van der Waals surface area contributed by atoms with E-state index in [0.29, 0.717) is 0 Å². The predicted octanol–water partition coefficient (Wildman–Crippen LogP) is 5.85. The Labute approximate surface area is 223 Å². The van der Waals surface area contributed by atoms with Crippen molar-refractivity contribution in [2.75, 3.05) is 7.11 Å². The number of rotatable bonds is 4. The predicted molar refractivity (Wildman–Crippen MR) is 152 cm³/mol. The van der Waals surface area contributed by atoms with E-state index in [9.17, 15) is 4.79 Å². The summed E-state index contributed by atoms with van der Waals surface area (Å²) in [5.74, 6) is 2.27. The van der Waals surface area contributed by atoms with Gasteiger partial charge in [-0.1, -0.05) is 35.4 Å². The molecule has 37 heavy (non-hydrogen) atoms. The summed E-state index contributed by atoms with van der Waals surface area (Å²) in [6.45, 7) is 13.1. The van der Waals surface area contributed by atoms with E-state index in [-0.39, 0.29) is 17.5 Å². The van der Waals surface area contributed by atoms with E-state index in [4.69, 9.17) is 9.16 Å². The molecule has 0 N–H and O–H groups in total. The van der Waals surface area contributed by atoms with Crippen LogP contribution in [0.15, 0.2) is 35.5 Å². The zero-order chi connectivity index (χ0) is 26.3. The van der Waals surface area contributed by atoms with Crippen LogP contribution < -0.4 is 10.4 Å². The minimum Gasteiger partial charge on any atom is -0.466 e. The van der Waals surface area contributed by atoms with Gasteiger partial charge in [0.05, 0.1) is 18.4 Å². The smallest absolute Gasteiger partial charge is 0.332 e. The molecule has 4 aliphatic carbocycles. The van der Waals surface area contributed by atoms with Gasteiger partial charge in [0.2, 0.25) is 0 Å². The molecule has 0 saturated heterocycles. The fourth-order valence-corrected chi connectivity index (χ4v) is 14.8. The standard InChI is InChI=1S/C33H42O3Si/c1-19-8-21(3)30(22(4)9-19)37(31-23(5)10-20(2)11-24(31)6)28(32(34)35-7)15-29(36-37)33-16-25-12-26(17-33)14-27(13-25)18-33/h8-11,15,25-27,29H,12-14,16-18H2,1-7H3. The lowest BCUT2D eigenvalue weighted by atomic mass is 9.48. The summed E-state index contributed by atoms with van der Waals surface area (Å²) in [5.41, 5.74) is 7.56. The summed E-state index contributed by atoms with van der Waals surface area (Å²) in [4.78, 5) is 13.8. The molecule has 7 rings (SSSR count). The molecule has 0 spiro atoms. The lowest BCUT2D eigenvalue weighted by molar-refractivity contribution is -0.135. The maximum Gasteiger partial charge on any atom is 0.332 e. The van der Waals surface area contributed by atoms with Crippen LogP contribution in [-0.4, -0.2) is 27.5 Å². The van der Waals surface area contributed by atoms with Crippen LogP contribution in [0, 0.1) is 64.7 Å². The van der Waals surface area contributed by atoms with Crippen LogP contribution in [0.2, 0.25) is 0 Å². The van der Waals surface area contributed by atoms with Crippen molar-refractivity contribution in [1.82, 2.24) is 0 Å². The van der Waals surface area contributed by atoms with Crippen molar-refractivity contribution < 1.29 is 14.0 Å². The number of methoxy groups -OCH3 is 1. The Morgan fingerprint density at radius 3 is 1.57 bits per heavy atom. The van der Waals surface area contributed by atoms with Crippen molar-refractivity contribution in [3.05, 3.63) is 68.9 Å². The molecule has 1 unspecified atom stereocenters. The van der Waals surface area contributed by atoms with Crippen LogP contribution >= 0.6 is 0 Å². The molecule has 1 atom stereocenters. The zero-order valence-corrected chi connectivity index (χ0v) is 24.7. The SMILES string of the molecule is COC(=O)C1=CC(C23CC4CC(CC(C4)C2)C3)O[Si]1(c1c(C)cc(C)cc1C)c1c(C)cc(C)cc1C. The molecule has 4 saturated carbocycles. The number of hydrogen-bond acceptors (Lipinski definition) is 3. The highest BCUT2D eigenvalue weighted by Crippen LogP contribution is 2.63. The van der Waals surface area contributed by atoms with E-state index in [1.54, 1.807) is 0 Å². The molecule has 5 aliphatic rings. The molecule has 0 amide bonds. The quantitative estimate of drug-likeness (QED) is 0.379. The van der Waals surface area contributed by atoms with Gasteiger partial charge in [-0.15, -0.1) is 0 Å². The van der Waals surface area contributed by atoms with Gasteiger partial charge >= 0.3 is 5.97 Å². The molecule has 0 radical (unpaired) electrons. The maximum atomic E-state index is 13.8. The fraction of sp³-hybridized carbons (Fsp3) is 0.545. The molecule has 3 nitrogen and oxygen atoms in total. The topological polar surface area (TPSA) is 35.5 Å². The Kier molecular flexibility index (Phi) is 5.89. The molecule has 4 bridgehead atoms. The van der Waals surface area contributed by atoms with E-state index < -0.39 is 8.32 Å². The van der Waals surface area contributed by atoms with Crippen molar-refractivity contribution in [1.29, 1.82) is 0 Å². The fourth-order valence-electron chi connectivity index (χ4n) is 9.69. The minimum absolute atomic E-state index is 0.0260. The third-order valence-electron chi connectivity index (χ3n) is 10.2. The van der Waals surface area contributed by atoms with Crippen LogP contribution in [0.4, 0.5) is 0 Å². The van der Waals surface area contributed by atoms with Gasteiger partial charge in [-0.3, -0.25) is 0 Å². The third kappa shape index (κ3) is 3.73. The second kappa shape index (κ2) is 8.67. The van der Waals surface area contributed by atoms with Crippen molar-refractivity contribution in [3.8, 4) is 0 Å². The molecule has 4 fully saturated rings. The number of hydrogen-bond donors (Lipinski definition) is 0. The van der Waals surface area contributed by atoms with Crippen molar-refractivity contribution in [2.45, 2.75) is 86.2 Å². The molecule has 0 aromatic heterocycles. The van der Waals surface area contributed by atoms with Crippen molar-refractivity contribution in [3.63, 3.8) is 0 Å². The highest BCUT2D eigenvalue weighted by atomic mass is 28.4. The largest absolute Gasteiger partial charge is 0.466 e. The van der Waals surface area contributed by atoms with Crippen LogP contribution in [0.3, 0.4) is 0 Å². The summed E-state index contributed by atoms with van der Waals surface area (Å²) >= 11 is 0. The molecule has 4 heteroatoms. The monoisotopic (exact) mass is 514 g/mol. The third-order valence-corrected chi connectivity index (χ3v) is 14.9. The second-order valence-electron chi connectivity index (χ2n) is 13.1. The van der Waals surface area contributed by atoms with Crippen LogP contribution in [0.1, 0.15) is 71.9 Å². The second-order valence-corrected chi connectivity index (χ2v) is 16.3. The number of esters is 1. The average molecular weight is 515 g/mol. The van der Waals surface area contributed by atoms with Crippen LogP contribution in [0.25, 0.3) is 0 Å². The molecule has 1 aliphatic heterocycles. The molecule has 196 valence electrons. The van der Waals surface area contributed by atoms with Crippen molar-refractivity contribution in [2.24, 2.45) is 23.2 Å². The minimum atomic E-state index is -3.15. The summed E-state index contributed by atoms with van der Waals surface area (Å²) in [6.07, 6.45) is 10.2. The van der Waals surface area contributed by atoms with Gasteiger partial charge in [0.1, 0.15) is 0 Å². The number of carbonyl (C=O) groups is 1. The summed E-state index contributed by atoms with van der Waals surface area (Å²) < 4.78 is 13.2. The highest BCUT2D eigenvalue weighted by Gasteiger charge is 2.62. The summed E-state index contributed by atoms with van der Waals surface area (Å²) in [6, 6.07) is 9.08. The molecule has 2 aromatic rings. The first kappa shape index (κ1) is 25.1. The molecule has 2 aromatic carbocycles. The van der Waals surface area contributed by atoms with E-state index in [1.165, 1.54) is 89.4 Å². The van der Waals surface area contributed by atoms with Gasteiger partial charge in [0.25, 0.3) is 8.32 Å². The first-order valence-corrected chi connectivity index (χ1v) is 16.1. The summed E-state index contributed by atoms with van der Waals surface area (Å²) in [7, 11) is -1.62. The first-order chi connectivity index (χ1) is 17.6. The van der Waals surface area contributed by atoms with Crippen molar-refractivity contribution >= 4 is 24.7 Å². The first-order valence-electron chi connectivity index (χ1n) is 14.2. The molecule has 1 heterocycles. The van der Waals surface area contributed by atoms with Crippen LogP contribution in [-0.2, 0) is 14.0 Å². The van der Waals surface area contributed by atoms with Crippen LogP contribution in [0.5, 0.6) is 0 Å². The Morgan fingerprint density at radius 1 is 0.784 bits per heavy atom. The maximum absolute atomic E-state index is 13.8. The summed E-state index contributed by atoms with van der Waals surface area (Å²) in [5, 5.41) is 3.30. The van der Waals surface area contributed by atoms with Gasteiger partial charge < -0.3 is 9.16 Å². The van der Waals surface area contributed by atoms with E-state index in [2.05, 4.69) is 71.9 Å². The number of carbonyl (C=O) groups excluding carboxylic acids is 1. The Balaban J connectivity index is 1.62. The Hall–Kier alpha value is -2.17. The number of aryl methyl sites for hydroxylation is 6. The lowest BCUT2D eigenvalue weighted by Gasteiger charge is -2.59. The van der Waals surface area contributed by atoms with Gasteiger partial charge in [-0.2, -0.15) is 0 Å². The Morgan fingerprint density at radius 2 is 1.19 bits per heavy atom. The van der Waals surface area contributed by atoms with Gasteiger partial charge in [0.15, 0.2) is 0 Å². The van der Waals surface area contributed by atoms with E-state index in [1.807, 2.05) is 0 Å². The number of ether oxygens (including phenoxy) is 1. The molecular weight excluding hydrogens is 472 g/mol. The Bertz CT molecular complexity index is 1180.